The van der Waals surface area contributed by atoms with Crippen LogP contribution < -0.4 is 0 Å². The van der Waals surface area contributed by atoms with Gasteiger partial charge >= 0.3 is 11.0 Å². The molecule has 0 atom stereocenters. The molecule has 0 aromatic heterocycles. The quantitative estimate of drug-likeness (QED) is 0.297. The molecule has 0 saturated carbocycles. The lowest BCUT2D eigenvalue weighted by Gasteiger charge is -2.26. The first-order chi connectivity index (χ1) is 12.9. The predicted octanol–water partition coefficient (Wildman–Crippen LogP) is 4.94. The van der Waals surface area contributed by atoms with Crippen molar-refractivity contribution < 1.29 is 47.9 Å². The normalized spacial score (nSPS) is 13.7. The topological polar surface area (TPSA) is 91.6 Å². The number of alkyl halides is 6. The van der Waals surface area contributed by atoms with Crippen molar-refractivity contribution in [3.8, 4) is 0 Å². The van der Waals surface area contributed by atoms with Gasteiger partial charge in [-0.15, -0.1) is 0 Å². The Kier molecular flexibility index (Phi) is 13.5. The number of hydrogen-bond acceptors (Lipinski definition) is 5. The molecule has 0 rings (SSSR count). The summed E-state index contributed by atoms with van der Waals surface area (Å²) < 4.78 is 114. The van der Waals surface area contributed by atoms with Gasteiger partial charge in [0.1, 0.15) is 0 Å². The summed E-state index contributed by atoms with van der Waals surface area (Å²) >= 11 is 0. The van der Waals surface area contributed by atoms with Gasteiger partial charge in [-0.3, -0.25) is 0 Å². The number of hydrogen-bond donors (Lipinski definition) is 0. The van der Waals surface area contributed by atoms with Crippen LogP contribution >= 0.6 is 7.26 Å². The van der Waals surface area contributed by atoms with Gasteiger partial charge in [0.25, 0.3) is 0 Å². The SMILES string of the molecule is CCC[P+](CCC)(CCC)CCOC.O=S(=O)([N-]S(=O)(=O)C(F)(F)F)C(F)(F)F. The van der Waals surface area contributed by atoms with E-state index in [9.17, 15) is 43.2 Å². The first-order valence-electron chi connectivity index (χ1n) is 8.66. The summed E-state index contributed by atoms with van der Waals surface area (Å²) in [6.07, 6.45) is 9.89. The molecule has 0 aromatic rings. The second-order valence-electron chi connectivity index (χ2n) is 6.15. The zero-order valence-corrected chi connectivity index (χ0v) is 19.2. The Hall–Kier alpha value is -0.170. The first-order valence-corrected chi connectivity index (χ1v) is 14.1. The van der Waals surface area contributed by atoms with Crippen molar-refractivity contribution in [1.29, 1.82) is 0 Å². The van der Waals surface area contributed by atoms with Crippen molar-refractivity contribution in [3.05, 3.63) is 4.13 Å². The third kappa shape index (κ3) is 11.1. The fraction of sp³-hybridized carbons (Fsp3) is 1.00. The molecule has 0 aliphatic rings. The van der Waals surface area contributed by atoms with Gasteiger partial charge < -0.3 is 8.86 Å². The van der Waals surface area contributed by atoms with Crippen LogP contribution in [-0.2, 0) is 24.8 Å². The molecule has 15 heteroatoms. The Bertz CT molecular complexity index is 606. The third-order valence-electron chi connectivity index (χ3n) is 3.64. The maximum atomic E-state index is 11.4. The van der Waals surface area contributed by atoms with Crippen LogP contribution in [-0.4, -0.2) is 66.2 Å². The molecule has 0 aliphatic heterocycles. The van der Waals surface area contributed by atoms with Crippen molar-refractivity contribution in [2.24, 2.45) is 0 Å². The van der Waals surface area contributed by atoms with Crippen LogP contribution in [0.4, 0.5) is 26.3 Å². The molecule has 0 heterocycles. The lowest BCUT2D eigenvalue weighted by molar-refractivity contribution is -0.0444. The smallest absolute Gasteiger partial charge is 0.421 e. The fourth-order valence-corrected chi connectivity index (χ4v) is 9.06. The van der Waals surface area contributed by atoms with E-state index in [4.69, 9.17) is 4.74 Å². The summed E-state index contributed by atoms with van der Waals surface area (Å²) in [6.45, 7) is 7.96. The van der Waals surface area contributed by atoms with Crippen molar-refractivity contribution in [2.75, 3.05) is 38.4 Å². The van der Waals surface area contributed by atoms with Gasteiger partial charge in [-0.2, -0.15) is 26.3 Å². The fourth-order valence-electron chi connectivity index (χ4n) is 2.59. The van der Waals surface area contributed by atoms with Gasteiger partial charge in [0, 0.05) is 14.4 Å². The minimum Gasteiger partial charge on any atom is -0.421 e. The molecule has 0 aromatic carbocycles. The molecule has 29 heavy (non-hydrogen) atoms. The second-order valence-corrected chi connectivity index (χ2v) is 14.0. The van der Waals surface area contributed by atoms with E-state index in [1.165, 1.54) is 43.9 Å². The Morgan fingerprint density at radius 2 is 1.03 bits per heavy atom. The largest absolute Gasteiger partial charge is 0.480 e. The van der Waals surface area contributed by atoms with Crippen LogP contribution in [0.25, 0.3) is 4.13 Å². The van der Waals surface area contributed by atoms with E-state index < -0.39 is 38.3 Å². The molecule has 0 aliphatic carbocycles. The summed E-state index contributed by atoms with van der Waals surface area (Å²) in [5.74, 6) is 0. The Labute approximate surface area is 169 Å². The van der Waals surface area contributed by atoms with E-state index in [0.29, 0.717) is 0 Å². The van der Waals surface area contributed by atoms with Crippen LogP contribution in [0, 0.1) is 0 Å². The highest BCUT2D eigenvalue weighted by Crippen LogP contribution is 2.59. The van der Waals surface area contributed by atoms with E-state index in [1.807, 2.05) is 7.11 Å². The minimum absolute atomic E-state index is 0.638. The molecule has 0 radical (unpaired) electrons. The summed E-state index contributed by atoms with van der Waals surface area (Å²) in [6, 6.07) is 0. The van der Waals surface area contributed by atoms with Crippen LogP contribution in [0.2, 0.25) is 0 Å². The van der Waals surface area contributed by atoms with Crippen LogP contribution in [0.5, 0.6) is 0 Å². The predicted molar refractivity (Wildman–Crippen MR) is 102 cm³/mol. The monoisotopic (exact) mass is 499 g/mol. The summed E-state index contributed by atoms with van der Waals surface area (Å²) in [5, 5.41) is 0. The molecule has 178 valence electrons. The van der Waals surface area contributed by atoms with E-state index in [0.717, 1.165) is 10.7 Å². The number of ether oxygens (including phenoxy) is 1. The number of halogens is 6. The second kappa shape index (κ2) is 12.6. The molecule has 0 fully saturated rings. The molecule has 0 bridgehead atoms. The van der Waals surface area contributed by atoms with Gasteiger partial charge in [0.2, 0.25) is 0 Å². The minimum atomic E-state index is -6.72. The maximum absolute atomic E-state index is 11.4. The maximum Gasteiger partial charge on any atom is 0.480 e. The lowest BCUT2D eigenvalue weighted by atomic mass is 10.6. The Morgan fingerprint density at radius 1 is 0.724 bits per heavy atom. The first kappa shape index (κ1) is 31.0. The zero-order chi connectivity index (χ0) is 23.6. The Balaban J connectivity index is 0. The van der Waals surface area contributed by atoms with Gasteiger partial charge in [-0.25, -0.2) is 16.8 Å². The number of methoxy groups -OCH3 is 1. The number of sulfonamides is 2. The van der Waals surface area contributed by atoms with Gasteiger partial charge in [-0.1, -0.05) is 20.8 Å². The average Bonchev–Trinajstić information content (AvgIpc) is 2.51. The highest BCUT2D eigenvalue weighted by molar-refractivity contribution is 8.13. The van der Waals surface area contributed by atoms with E-state index in [1.54, 1.807) is 0 Å². The molecule has 6 nitrogen and oxygen atoms in total. The molecule has 0 spiro atoms. The Morgan fingerprint density at radius 3 is 1.24 bits per heavy atom. The van der Waals surface area contributed by atoms with Crippen LogP contribution in [0.1, 0.15) is 40.0 Å². The lowest BCUT2D eigenvalue weighted by Crippen LogP contribution is -2.30. The zero-order valence-electron chi connectivity index (χ0n) is 16.7. The van der Waals surface area contributed by atoms with E-state index in [-0.39, 0.29) is 0 Å². The summed E-state index contributed by atoms with van der Waals surface area (Å²) in [4.78, 5) is 0. The highest BCUT2D eigenvalue weighted by Gasteiger charge is 2.46. The van der Waals surface area contributed by atoms with Gasteiger partial charge in [0.05, 0.1) is 31.3 Å². The molecule has 0 amide bonds. The van der Waals surface area contributed by atoms with E-state index in [2.05, 4.69) is 20.8 Å². The number of rotatable bonds is 11. The van der Waals surface area contributed by atoms with Crippen molar-refractivity contribution in [2.45, 2.75) is 51.1 Å². The van der Waals surface area contributed by atoms with Crippen molar-refractivity contribution in [1.82, 2.24) is 0 Å². The summed E-state index contributed by atoms with van der Waals surface area (Å²) in [7, 11) is -12.2. The molecule has 0 N–H and O–H groups in total. The number of nitrogens with zero attached hydrogens (tertiary/aromatic N) is 1. The molecular weight excluding hydrogens is 471 g/mol. The molecule has 0 unspecified atom stereocenters. The summed E-state index contributed by atoms with van der Waals surface area (Å²) in [5.41, 5.74) is -12.4. The van der Waals surface area contributed by atoms with Crippen molar-refractivity contribution in [3.63, 3.8) is 0 Å². The average molecular weight is 499 g/mol. The highest BCUT2D eigenvalue weighted by atomic mass is 32.3. The van der Waals surface area contributed by atoms with Gasteiger partial charge in [0.15, 0.2) is 20.0 Å². The third-order valence-corrected chi connectivity index (χ3v) is 11.7. The van der Waals surface area contributed by atoms with Gasteiger partial charge in [-0.05, 0) is 19.3 Å². The van der Waals surface area contributed by atoms with Crippen LogP contribution in [0.3, 0.4) is 0 Å². The molecule has 0 saturated heterocycles. The van der Waals surface area contributed by atoms with Crippen molar-refractivity contribution >= 4 is 27.3 Å². The molecular formula is C14H28F6NO5PS2. The van der Waals surface area contributed by atoms with E-state index >= 15 is 0 Å². The van der Waals surface area contributed by atoms with Crippen LogP contribution in [0.15, 0.2) is 0 Å². The standard InChI is InChI=1S/C12H28OP.C2F6NO4S2/c1-5-9-14(10-6-2,11-7-3)12-8-13-4;3-1(4,5)14(10,11)9-15(12,13)2(6,7)8/h5-12H2,1-4H3;/q+1;-1.